The third kappa shape index (κ3) is 1.06. The summed E-state index contributed by atoms with van der Waals surface area (Å²) < 4.78 is 15.2. The Kier molecular flexibility index (Phi) is 2.05. The lowest BCUT2D eigenvalue weighted by molar-refractivity contribution is -0.253. The summed E-state index contributed by atoms with van der Waals surface area (Å²) in [7, 11) is 1.45. The van der Waals surface area contributed by atoms with E-state index in [1.54, 1.807) is 0 Å². The lowest BCUT2D eigenvalue weighted by Crippen LogP contribution is -2.53. The van der Waals surface area contributed by atoms with E-state index in [0.717, 1.165) is 0 Å². The van der Waals surface area contributed by atoms with Crippen molar-refractivity contribution in [2.45, 2.75) is 30.7 Å². The van der Waals surface area contributed by atoms with E-state index in [9.17, 15) is 10.2 Å². The van der Waals surface area contributed by atoms with Gasteiger partial charge in [-0.05, 0) is 0 Å². The first-order chi connectivity index (χ1) is 5.74. The van der Waals surface area contributed by atoms with Crippen LogP contribution in [0.2, 0.25) is 0 Å². The zero-order valence-electron chi connectivity index (χ0n) is 6.71. The van der Waals surface area contributed by atoms with E-state index < -0.39 is 24.6 Å². The lowest BCUT2D eigenvalue weighted by Gasteiger charge is -2.33. The van der Waals surface area contributed by atoms with Gasteiger partial charge in [0, 0.05) is 7.11 Å². The fraction of sp³-hybridized carbons (Fsp3) is 1.00. The van der Waals surface area contributed by atoms with E-state index in [0.29, 0.717) is 6.61 Å². The van der Waals surface area contributed by atoms with Gasteiger partial charge in [0.05, 0.1) is 6.61 Å². The Hall–Kier alpha value is -0.200. The van der Waals surface area contributed by atoms with Crippen molar-refractivity contribution in [3.05, 3.63) is 0 Å². The quantitative estimate of drug-likeness (QED) is 0.507. The Balaban J connectivity index is 2.12. The highest BCUT2D eigenvalue weighted by Gasteiger charge is 2.50. The molecular formula is C7H12O5. The standard InChI is InChI=1S/C7H12O5/c1-10-7-5(9)6-4(8)3(12-7)2-11-6/h3-9H,2H2,1H3/t3-,4+,5-,6+,7?/m1/s1. The Labute approximate surface area is 69.8 Å². The van der Waals surface area contributed by atoms with E-state index in [1.165, 1.54) is 7.11 Å². The van der Waals surface area contributed by atoms with Crippen LogP contribution in [0.5, 0.6) is 0 Å². The molecule has 2 fully saturated rings. The predicted molar refractivity (Wildman–Crippen MR) is 37.4 cm³/mol. The molecule has 2 rings (SSSR count). The number of aliphatic hydroxyl groups is 2. The van der Waals surface area contributed by atoms with Crippen LogP contribution in [0, 0.1) is 0 Å². The highest BCUT2D eigenvalue weighted by atomic mass is 16.7. The van der Waals surface area contributed by atoms with Crippen LogP contribution in [-0.4, -0.2) is 54.6 Å². The van der Waals surface area contributed by atoms with Crippen LogP contribution in [0.3, 0.4) is 0 Å². The maximum absolute atomic E-state index is 9.49. The summed E-state index contributed by atoms with van der Waals surface area (Å²) >= 11 is 0. The summed E-state index contributed by atoms with van der Waals surface area (Å²) in [5, 5.41) is 18.9. The molecule has 0 aromatic carbocycles. The first-order valence-corrected chi connectivity index (χ1v) is 3.90. The molecule has 2 aliphatic heterocycles. The van der Waals surface area contributed by atoms with Gasteiger partial charge in [0.15, 0.2) is 6.29 Å². The molecule has 70 valence electrons. The number of ether oxygens (including phenoxy) is 3. The summed E-state index contributed by atoms with van der Waals surface area (Å²) in [6.07, 6.45) is -3.22. The molecule has 2 aliphatic rings. The third-order valence-corrected chi connectivity index (χ3v) is 2.33. The number of aliphatic hydroxyl groups excluding tert-OH is 2. The van der Waals surface area contributed by atoms with Crippen LogP contribution < -0.4 is 0 Å². The van der Waals surface area contributed by atoms with Gasteiger partial charge in [-0.15, -0.1) is 0 Å². The fourth-order valence-electron chi connectivity index (χ4n) is 1.64. The molecule has 2 N–H and O–H groups in total. The van der Waals surface area contributed by atoms with E-state index >= 15 is 0 Å². The molecule has 0 saturated carbocycles. The van der Waals surface area contributed by atoms with Gasteiger partial charge in [-0.25, -0.2) is 0 Å². The van der Waals surface area contributed by atoms with Crippen LogP contribution in [0.1, 0.15) is 0 Å². The van der Waals surface area contributed by atoms with Gasteiger partial charge < -0.3 is 24.4 Å². The molecule has 1 unspecified atom stereocenters. The molecule has 0 aromatic rings. The summed E-state index contributed by atoms with van der Waals surface area (Å²) in [6, 6.07) is 0. The molecule has 0 amide bonds. The molecule has 0 spiro atoms. The minimum atomic E-state index is -0.899. The van der Waals surface area contributed by atoms with Crippen molar-refractivity contribution in [3.63, 3.8) is 0 Å². The SMILES string of the molecule is COC1O[C@@H]2CO[C@@H]([C@H]2O)[C@H]1O. The lowest BCUT2D eigenvalue weighted by atomic mass is 10.0. The normalized spacial score (nSPS) is 52.8. The molecule has 5 atom stereocenters. The Morgan fingerprint density at radius 3 is 2.75 bits per heavy atom. The van der Waals surface area contributed by atoms with Crippen molar-refractivity contribution in [1.29, 1.82) is 0 Å². The number of hydrogen-bond acceptors (Lipinski definition) is 5. The van der Waals surface area contributed by atoms with Gasteiger partial charge in [-0.2, -0.15) is 0 Å². The van der Waals surface area contributed by atoms with E-state index in [2.05, 4.69) is 0 Å². The number of rotatable bonds is 1. The van der Waals surface area contributed by atoms with E-state index in [-0.39, 0.29) is 6.10 Å². The summed E-state index contributed by atoms with van der Waals surface area (Å²) in [5.74, 6) is 0. The molecule has 2 heterocycles. The van der Waals surface area contributed by atoms with Crippen molar-refractivity contribution in [2.75, 3.05) is 13.7 Å². The topological polar surface area (TPSA) is 68.2 Å². The van der Waals surface area contributed by atoms with Crippen LogP contribution in [0.4, 0.5) is 0 Å². The summed E-state index contributed by atoms with van der Waals surface area (Å²) in [4.78, 5) is 0. The van der Waals surface area contributed by atoms with Crippen LogP contribution in [-0.2, 0) is 14.2 Å². The fourth-order valence-corrected chi connectivity index (χ4v) is 1.64. The van der Waals surface area contributed by atoms with Gasteiger partial charge in [-0.1, -0.05) is 0 Å². The first kappa shape index (κ1) is 8.40. The van der Waals surface area contributed by atoms with Crippen molar-refractivity contribution in [3.8, 4) is 0 Å². The highest BCUT2D eigenvalue weighted by molar-refractivity contribution is 4.94. The Bertz CT molecular complexity index is 173. The van der Waals surface area contributed by atoms with Crippen molar-refractivity contribution in [2.24, 2.45) is 0 Å². The van der Waals surface area contributed by atoms with E-state index in [1.807, 2.05) is 0 Å². The summed E-state index contributed by atoms with van der Waals surface area (Å²) in [6.45, 7) is 0.322. The molecule has 5 nitrogen and oxygen atoms in total. The summed E-state index contributed by atoms with van der Waals surface area (Å²) in [5.41, 5.74) is 0. The monoisotopic (exact) mass is 176 g/mol. The molecule has 5 heteroatoms. The zero-order valence-corrected chi connectivity index (χ0v) is 6.71. The third-order valence-electron chi connectivity index (χ3n) is 2.33. The van der Waals surface area contributed by atoms with Crippen LogP contribution >= 0.6 is 0 Å². The molecule has 0 aliphatic carbocycles. The number of methoxy groups -OCH3 is 1. The average molecular weight is 176 g/mol. The van der Waals surface area contributed by atoms with Crippen LogP contribution in [0.15, 0.2) is 0 Å². The molecule has 2 saturated heterocycles. The van der Waals surface area contributed by atoms with Crippen molar-refractivity contribution >= 4 is 0 Å². The van der Waals surface area contributed by atoms with Gasteiger partial charge >= 0.3 is 0 Å². The van der Waals surface area contributed by atoms with E-state index in [4.69, 9.17) is 14.2 Å². The maximum Gasteiger partial charge on any atom is 0.186 e. The predicted octanol–water partition coefficient (Wildman–Crippen LogP) is -1.52. The van der Waals surface area contributed by atoms with Gasteiger partial charge in [0.1, 0.15) is 24.4 Å². The minimum Gasteiger partial charge on any atom is -0.387 e. The second kappa shape index (κ2) is 2.93. The Morgan fingerprint density at radius 2 is 2.08 bits per heavy atom. The minimum absolute atomic E-state index is 0.322. The first-order valence-electron chi connectivity index (χ1n) is 3.90. The molecule has 2 bridgehead atoms. The maximum atomic E-state index is 9.49. The van der Waals surface area contributed by atoms with Crippen molar-refractivity contribution in [1.82, 2.24) is 0 Å². The highest BCUT2D eigenvalue weighted by Crippen LogP contribution is 2.29. The second-order valence-electron chi connectivity index (χ2n) is 3.06. The van der Waals surface area contributed by atoms with Gasteiger partial charge in [0.2, 0.25) is 0 Å². The zero-order chi connectivity index (χ0) is 8.72. The van der Waals surface area contributed by atoms with Gasteiger partial charge in [0.25, 0.3) is 0 Å². The smallest absolute Gasteiger partial charge is 0.186 e. The Morgan fingerprint density at radius 1 is 1.33 bits per heavy atom. The van der Waals surface area contributed by atoms with Crippen LogP contribution in [0.25, 0.3) is 0 Å². The second-order valence-corrected chi connectivity index (χ2v) is 3.06. The number of hydrogen-bond donors (Lipinski definition) is 2. The molecular weight excluding hydrogens is 164 g/mol. The molecule has 0 radical (unpaired) electrons. The molecule has 12 heavy (non-hydrogen) atoms. The molecule has 0 aromatic heterocycles. The number of fused-ring (bicyclic) bond motifs is 2. The van der Waals surface area contributed by atoms with Gasteiger partial charge in [-0.3, -0.25) is 0 Å². The largest absolute Gasteiger partial charge is 0.387 e. The average Bonchev–Trinajstić information content (AvgIpc) is 2.31. The van der Waals surface area contributed by atoms with Crippen molar-refractivity contribution < 1.29 is 24.4 Å².